The van der Waals surface area contributed by atoms with Gasteiger partial charge >= 0.3 is 0 Å². The molecule has 0 atom stereocenters. The Kier molecular flexibility index (Phi) is 10.2. The summed E-state index contributed by atoms with van der Waals surface area (Å²) in [5.74, 6) is 0. The first-order valence-electron chi connectivity index (χ1n) is 7.16. The minimum absolute atomic E-state index is 0.803. The van der Waals surface area contributed by atoms with E-state index in [2.05, 4.69) is 73.2 Å². The van der Waals surface area contributed by atoms with Gasteiger partial charge in [-0.2, -0.15) is 0 Å². The molecule has 0 radical (unpaired) electrons. The van der Waals surface area contributed by atoms with Crippen molar-refractivity contribution in [1.82, 2.24) is 9.97 Å². The molecule has 0 unspecified atom stereocenters. The molecule has 3 heteroatoms. The summed E-state index contributed by atoms with van der Waals surface area (Å²) in [6.07, 6.45) is 3.67. The molecule has 0 saturated carbocycles. The number of nitrogens with zero attached hydrogens (tertiary/aromatic N) is 2. The van der Waals surface area contributed by atoms with Gasteiger partial charge in [0.1, 0.15) is 0 Å². The Labute approximate surface area is 143 Å². The Hall–Kier alpha value is -0.970. The fraction of sp³-hybridized carbons (Fsp3) is 0.444. The van der Waals surface area contributed by atoms with Crippen molar-refractivity contribution in [2.24, 2.45) is 0 Å². The lowest BCUT2D eigenvalue weighted by Crippen LogP contribution is -1.87. The highest BCUT2D eigenvalue weighted by Gasteiger charge is 1.93. The summed E-state index contributed by atoms with van der Waals surface area (Å²) in [5.41, 5.74) is 6.12. The average Bonchev–Trinajstić information content (AvgIpc) is 2.35. The van der Waals surface area contributed by atoms with Crippen LogP contribution in [0.4, 0.5) is 0 Å². The van der Waals surface area contributed by atoms with Crippen molar-refractivity contribution in [1.29, 1.82) is 0 Å². The molecule has 2 aromatic rings. The number of aryl methyl sites for hydroxylation is 4. The second-order valence-electron chi connectivity index (χ2n) is 5.33. The summed E-state index contributed by atoms with van der Waals surface area (Å²) in [5, 5.41) is 0. The Morgan fingerprint density at radius 2 is 1.43 bits per heavy atom. The monoisotopic (exact) mass is 398 g/mol. The number of hydrogen-bond donors (Lipinski definition) is 0. The molecule has 0 aliphatic heterocycles. The molecule has 0 spiro atoms. The van der Waals surface area contributed by atoms with Crippen molar-refractivity contribution in [2.75, 3.05) is 0 Å². The van der Waals surface area contributed by atoms with E-state index in [-0.39, 0.29) is 0 Å². The molecule has 116 valence electrons. The highest BCUT2D eigenvalue weighted by atomic mass is 127. The Morgan fingerprint density at radius 1 is 0.905 bits per heavy atom. The van der Waals surface area contributed by atoms with Gasteiger partial charge < -0.3 is 0 Å². The van der Waals surface area contributed by atoms with E-state index in [0.29, 0.717) is 0 Å². The summed E-state index contributed by atoms with van der Waals surface area (Å²) in [6, 6.07) is 6.08. The van der Waals surface area contributed by atoms with Crippen molar-refractivity contribution in [3.8, 4) is 0 Å². The fourth-order valence-corrected chi connectivity index (χ4v) is 1.46. The molecule has 0 N–H and O–H groups in total. The maximum atomic E-state index is 4.14. The molecule has 2 nitrogen and oxygen atoms in total. The maximum absolute atomic E-state index is 4.14. The largest absolute Gasteiger partial charge is 0.262 e. The lowest BCUT2D eigenvalue weighted by molar-refractivity contribution is 1.12. The van der Waals surface area contributed by atoms with E-state index in [1.807, 2.05) is 38.4 Å². The van der Waals surface area contributed by atoms with Gasteiger partial charge in [0.2, 0.25) is 0 Å². The van der Waals surface area contributed by atoms with Crippen LogP contribution in [0.5, 0.6) is 0 Å². The fourth-order valence-electron chi connectivity index (χ4n) is 1.46. The quantitative estimate of drug-likeness (QED) is 0.431. The first kappa shape index (κ1) is 20.0. The number of halogens is 1. The summed E-state index contributed by atoms with van der Waals surface area (Å²) in [7, 11) is 0. The lowest BCUT2D eigenvalue weighted by atomic mass is 10.1. The Morgan fingerprint density at radius 3 is 1.76 bits per heavy atom. The van der Waals surface area contributed by atoms with Crippen LogP contribution in [0.25, 0.3) is 0 Å². The summed E-state index contributed by atoms with van der Waals surface area (Å²) in [4.78, 5) is 8.18. The highest BCUT2D eigenvalue weighted by Crippen LogP contribution is 2.06. The first-order chi connectivity index (χ1) is 9.73. The van der Waals surface area contributed by atoms with E-state index < -0.39 is 0 Å². The predicted octanol–water partition coefficient (Wildman–Crippen LogP) is 5.54. The molecular weight excluding hydrogens is 371 g/mol. The Balaban J connectivity index is 0.000000308. The molecule has 0 bridgehead atoms. The topological polar surface area (TPSA) is 25.8 Å². The van der Waals surface area contributed by atoms with E-state index in [9.17, 15) is 0 Å². The van der Waals surface area contributed by atoms with Crippen LogP contribution >= 0.6 is 22.6 Å². The van der Waals surface area contributed by atoms with Crippen LogP contribution in [0.15, 0.2) is 30.6 Å². The molecular formula is C18H27IN2. The second kappa shape index (κ2) is 10.7. The zero-order valence-electron chi connectivity index (χ0n) is 14.2. The maximum Gasteiger partial charge on any atom is 0.0404 e. The van der Waals surface area contributed by atoms with Crippen LogP contribution in [0.1, 0.15) is 41.9 Å². The van der Waals surface area contributed by atoms with Gasteiger partial charge in [0.05, 0.1) is 0 Å². The molecule has 0 saturated heterocycles. The van der Waals surface area contributed by atoms with Gasteiger partial charge in [-0.1, -0.05) is 36.4 Å². The molecule has 2 aromatic heterocycles. The van der Waals surface area contributed by atoms with Gasteiger partial charge in [0.25, 0.3) is 0 Å². The number of pyridine rings is 2. The van der Waals surface area contributed by atoms with Crippen LogP contribution in [0, 0.1) is 34.6 Å². The van der Waals surface area contributed by atoms with Crippen LogP contribution in [-0.2, 0) is 0 Å². The van der Waals surface area contributed by atoms with Gasteiger partial charge in [-0.15, -0.1) is 0 Å². The van der Waals surface area contributed by atoms with E-state index in [1.165, 1.54) is 16.7 Å². The van der Waals surface area contributed by atoms with Crippen molar-refractivity contribution < 1.29 is 0 Å². The van der Waals surface area contributed by atoms with Gasteiger partial charge in [-0.25, -0.2) is 0 Å². The molecule has 21 heavy (non-hydrogen) atoms. The molecule has 0 fully saturated rings. The molecule has 0 aromatic carbocycles. The van der Waals surface area contributed by atoms with Crippen molar-refractivity contribution in [3.63, 3.8) is 0 Å². The summed E-state index contributed by atoms with van der Waals surface area (Å²) >= 11 is 2.34. The van der Waals surface area contributed by atoms with E-state index in [1.54, 1.807) is 0 Å². The van der Waals surface area contributed by atoms with E-state index in [4.69, 9.17) is 0 Å². The smallest absolute Gasteiger partial charge is 0.0404 e. The van der Waals surface area contributed by atoms with Crippen LogP contribution in [0.2, 0.25) is 0 Å². The van der Waals surface area contributed by atoms with Crippen LogP contribution in [-0.4, -0.2) is 13.9 Å². The van der Waals surface area contributed by atoms with Crippen LogP contribution in [0.3, 0.4) is 0 Å². The zero-order chi connectivity index (χ0) is 16.4. The standard InChI is InChI=1S/C8H11N.C7H9N.C3H7I/c1-6-4-5-9-8(3)7(6)2;1-6-3-4-8-7(2)5-6;1-3(2)4/h4-5H,1-3H3;3-5H,1-2H3;3H,1-2H3. The third-order valence-electron chi connectivity index (χ3n) is 2.78. The third kappa shape index (κ3) is 10.4. The van der Waals surface area contributed by atoms with Crippen molar-refractivity contribution in [3.05, 3.63) is 58.7 Å². The van der Waals surface area contributed by atoms with Crippen LogP contribution < -0.4 is 0 Å². The normalized spacial score (nSPS) is 9.38. The highest BCUT2D eigenvalue weighted by molar-refractivity contribution is 14.1. The lowest BCUT2D eigenvalue weighted by Gasteiger charge is -1.99. The minimum atomic E-state index is 0.803. The van der Waals surface area contributed by atoms with Crippen molar-refractivity contribution >= 4 is 22.6 Å². The molecule has 2 heterocycles. The SMILES string of the molecule is CC(C)I.Cc1ccnc(C)c1.Cc1ccnc(C)c1C. The summed E-state index contributed by atoms with van der Waals surface area (Å²) in [6.45, 7) is 14.6. The van der Waals surface area contributed by atoms with Gasteiger partial charge in [-0.05, 0) is 69.5 Å². The van der Waals surface area contributed by atoms with Crippen molar-refractivity contribution in [2.45, 2.75) is 52.4 Å². The second-order valence-corrected chi connectivity index (χ2v) is 7.82. The first-order valence-corrected chi connectivity index (χ1v) is 8.40. The average molecular weight is 398 g/mol. The van der Waals surface area contributed by atoms with E-state index in [0.717, 1.165) is 15.3 Å². The molecule has 2 rings (SSSR count). The number of aromatic nitrogens is 2. The predicted molar refractivity (Wildman–Crippen MR) is 101 cm³/mol. The molecule has 0 amide bonds. The number of hydrogen-bond acceptors (Lipinski definition) is 2. The van der Waals surface area contributed by atoms with Gasteiger partial charge in [-0.3, -0.25) is 9.97 Å². The minimum Gasteiger partial charge on any atom is -0.262 e. The summed E-state index contributed by atoms with van der Waals surface area (Å²) < 4.78 is 0.803. The Bertz CT molecular complexity index is 496. The number of rotatable bonds is 0. The molecule has 0 aliphatic rings. The van der Waals surface area contributed by atoms with Gasteiger partial charge in [0.15, 0.2) is 0 Å². The third-order valence-corrected chi connectivity index (χ3v) is 2.78. The number of alkyl halides is 1. The molecule has 0 aliphatic carbocycles. The zero-order valence-corrected chi connectivity index (χ0v) is 16.4. The van der Waals surface area contributed by atoms with E-state index >= 15 is 0 Å². The van der Waals surface area contributed by atoms with Gasteiger partial charge in [0, 0.05) is 27.7 Å².